The molecule has 1 aromatic rings. The molecule has 1 aromatic heterocycles. The van der Waals surface area contributed by atoms with E-state index in [-0.39, 0.29) is 11.3 Å². The van der Waals surface area contributed by atoms with Crippen LogP contribution in [0.5, 0.6) is 0 Å². The minimum atomic E-state index is -1.07. The minimum absolute atomic E-state index is 0.0755. The highest BCUT2D eigenvalue weighted by atomic mass is 16.4. The zero-order valence-corrected chi connectivity index (χ0v) is 9.52. The summed E-state index contributed by atoms with van der Waals surface area (Å²) < 4.78 is 0. The molecule has 5 heteroatoms. The van der Waals surface area contributed by atoms with Crippen LogP contribution in [0.1, 0.15) is 33.5 Å². The molecule has 88 valence electrons. The molecule has 0 aliphatic heterocycles. The smallest absolute Gasteiger partial charge is 0.337 e. The summed E-state index contributed by atoms with van der Waals surface area (Å²) in [6.07, 6.45) is 5.13. The zero-order valence-electron chi connectivity index (χ0n) is 9.52. The van der Waals surface area contributed by atoms with E-state index in [2.05, 4.69) is 16.2 Å². The van der Waals surface area contributed by atoms with Gasteiger partial charge in [-0.25, -0.2) is 9.78 Å². The first-order valence-electron chi connectivity index (χ1n) is 4.93. The predicted octanol–water partition coefficient (Wildman–Crippen LogP) is 0.840. The number of nitrogens with one attached hydrogen (secondary N) is 1. The lowest BCUT2D eigenvalue weighted by Gasteiger charge is -2.08. The molecule has 0 spiro atoms. The Labute approximate surface area is 98.9 Å². The molecular weight excluding hydrogens is 220 g/mol. The van der Waals surface area contributed by atoms with Crippen molar-refractivity contribution in [2.24, 2.45) is 0 Å². The van der Waals surface area contributed by atoms with Gasteiger partial charge < -0.3 is 10.4 Å². The van der Waals surface area contributed by atoms with Crippen LogP contribution in [0.3, 0.4) is 0 Å². The lowest BCUT2D eigenvalue weighted by atomic mass is 10.2. The van der Waals surface area contributed by atoms with Gasteiger partial charge in [0.25, 0.3) is 5.91 Å². The number of carboxylic acid groups (broad SMARTS) is 1. The largest absolute Gasteiger partial charge is 0.478 e. The Morgan fingerprint density at radius 3 is 2.65 bits per heavy atom. The van der Waals surface area contributed by atoms with Crippen molar-refractivity contribution >= 4 is 11.9 Å². The Balaban J connectivity index is 2.95. The van der Waals surface area contributed by atoms with Crippen molar-refractivity contribution in [1.82, 2.24) is 10.3 Å². The molecule has 0 aliphatic carbocycles. The number of aromatic carboxylic acids is 1. The normalized spacial score (nSPS) is 11.4. The van der Waals surface area contributed by atoms with E-state index in [1.807, 2.05) is 0 Å². The highest BCUT2D eigenvalue weighted by Crippen LogP contribution is 2.07. The number of amides is 1. The molecule has 0 saturated carbocycles. The fourth-order valence-corrected chi connectivity index (χ4v) is 1.23. The number of hydrogen-bond donors (Lipinski definition) is 2. The molecule has 0 aliphatic rings. The molecule has 1 heterocycles. The van der Waals surface area contributed by atoms with Crippen molar-refractivity contribution in [3.63, 3.8) is 0 Å². The molecule has 0 fully saturated rings. The van der Waals surface area contributed by atoms with Gasteiger partial charge >= 0.3 is 5.97 Å². The summed E-state index contributed by atoms with van der Waals surface area (Å²) in [5.41, 5.74) is 0.514. The Morgan fingerprint density at radius 1 is 1.53 bits per heavy atom. The third-order valence-electron chi connectivity index (χ3n) is 2.15. The maximum atomic E-state index is 11.6. The minimum Gasteiger partial charge on any atom is -0.478 e. The van der Waals surface area contributed by atoms with Crippen molar-refractivity contribution in [1.29, 1.82) is 0 Å². The summed E-state index contributed by atoms with van der Waals surface area (Å²) in [5.74, 6) is 0.865. The maximum absolute atomic E-state index is 11.6. The number of carbonyl (C=O) groups excluding carboxylic acids is 1. The quantitative estimate of drug-likeness (QED) is 0.757. The molecule has 2 N–H and O–H groups in total. The summed E-state index contributed by atoms with van der Waals surface area (Å²) in [4.78, 5) is 26.3. The monoisotopic (exact) mass is 232 g/mol. The van der Waals surface area contributed by atoms with Crippen LogP contribution in [0.15, 0.2) is 12.1 Å². The van der Waals surface area contributed by atoms with E-state index >= 15 is 0 Å². The number of hydrogen-bond acceptors (Lipinski definition) is 3. The molecule has 1 atom stereocenters. The van der Waals surface area contributed by atoms with Gasteiger partial charge in [0, 0.05) is 0 Å². The average Bonchev–Trinajstić information content (AvgIpc) is 2.28. The van der Waals surface area contributed by atoms with Crippen molar-refractivity contribution in [3.05, 3.63) is 29.1 Å². The number of carbonyl (C=O) groups is 2. The summed E-state index contributed by atoms with van der Waals surface area (Å²) in [6, 6.07) is 2.30. The van der Waals surface area contributed by atoms with E-state index < -0.39 is 17.9 Å². The number of pyridine rings is 1. The van der Waals surface area contributed by atoms with Gasteiger partial charge in [0.15, 0.2) is 0 Å². The number of nitrogens with zero attached hydrogens (tertiary/aromatic N) is 1. The highest BCUT2D eigenvalue weighted by molar-refractivity contribution is 5.94. The fourth-order valence-electron chi connectivity index (χ4n) is 1.23. The SMILES string of the molecule is C#CC(C)NC(=O)c1ccc(C(=O)O)c(C)n1. The molecule has 1 unspecified atom stereocenters. The van der Waals surface area contributed by atoms with Gasteiger partial charge in [0.2, 0.25) is 0 Å². The Kier molecular flexibility index (Phi) is 3.83. The third-order valence-corrected chi connectivity index (χ3v) is 2.15. The van der Waals surface area contributed by atoms with Crippen LogP contribution in [0.25, 0.3) is 0 Å². The van der Waals surface area contributed by atoms with Gasteiger partial charge in [-0.15, -0.1) is 6.42 Å². The number of aryl methyl sites for hydroxylation is 1. The molecule has 0 saturated heterocycles. The summed E-state index contributed by atoms with van der Waals surface area (Å²) in [7, 11) is 0. The Bertz CT molecular complexity index is 503. The Morgan fingerprint density at radius 2 is 2.18 bits per heavy atom. The first kappa shape index (κ1) is 12.7. The summed E-state index contributed by atoms with van der Waals surface area (Å²) in [5, 5.41) is 11.3. The third kappa shape index (κ3) is 3.05. The summed E-state index contributed by atoms with van der Waals surface area (Å²) >= 11 is 0. The molecule has 1 amide bonds. The van der Waals surface area contributed by atoms with Crippen LogP contribution in [0.2, 0.25) is 0 Å². The van der Waals surface area contributed by atoms with Crippen LogP contribution in [0, 0.1) is 19.3 Å². The van der Waals surface area contributed by atoms with Crippen molar-refractivity contribution in [3.8, 4) is 12.3 Å². The van der Waals surface area contributed by atoms with Crippen LogP contribution < -0.4 is 5.32 Å². The number of carboxylic acids is 1. The molecular formula is C12H12N2O3. The van der Waals surface area contributed by atoms with E-state index in [9.17, 15) is 9.59 Å². The van der Waals surface area contributed by atoms with E-state index in [1.54, 1.807) is 6.92 Å². The number of terminal acetylenes is 1. The zero-order chi connectivity index (χ0) is 13.0. The van der Waals surface area contributed by atoms with E-state index in [0.717, 1.165) is 0 Å². The van der Waals surface area contributed by atoms with Gasteiger partial charge in [-0.1, -0.05) is 5.92 Å². The first-order valence-corrected chi connectivity index (χ1v) is 4.93. The second-order valence-corrected chi connectivity index (χ2v) is 3.50. The van der Waals surface area contributed by atoms with Crippen molar-refractivity contribution in [2.75, 3.05) is 0 Å². The molecule has 17 heavy (non-hydrogen) atoms. The van der Waals surface area contributed by atoms with Crippen molar-refractivity contribution < 1.29 is 14.7 Å². The van der Waals surface area contributed by atoms with Crippen LogP contribution in [-0.4, -0.2) is 28.0 Å². The topological polar surface area (TPSA) is 79.3 Å². The maximum Gasteiger partial charge on any atom is 0.337 e. The second-order valence-electron chi connectivity index (χ2n) is 3.50. The van der Waals surface area contributed by atoms with Gasteiger partial charge in [0.1, 0.15) is 5.69 Å². The van der Waals surface area contributed by atoms with E-state index in [1.165, 1.54) is 19.1 Å². The molecule has 1 rings (SSSR count). The number of aromatic nitrogens is 1. The molecule has 0 aromatic carbocycles. The van der Waals surface area contributed by atoms with E-state index in [4.69, 9.17) is 11.5 Å². The average molecular weight is 232 g/mol. The summed E-state index contributed by atoms with van der Waals surface area (Å²) in [6.45, 7) is 3.20. The predicted molar refractivity (Wildman–Crippen MR) is 61.7 cm³/mol. The highest BCUT2D eigenvalue weighted by Gasteiger charge is 2.13. The molecule has 0 radical (unpaired) electrons. The Hall–Kier alpha value is -2.35. The lowest BCUT2D eigenvalue weighted by Crippen LogP contribution is -2.32. The van der Waals surface area contributed by atoms with Crippen LogP contribution in [0.4, 0.5) is 0 Å². The van der Waals surface area contributed by atoms with Gasteiger partial charge in [-0.3, -0.25) is 4.79 Å². The van der Waals surface area contributed by atoms with Crippen LogP contribution >= 0.6 is 0 Å². The standard InChI is InChI=1S/C12H12N2O3/c1-4-7(2)13-11(15)10-6-5-9(12(16)17)8(3)14-10/h1,5-7H,2-3H3,(H,13,15)(H,16,17). The van der Waals surface area contributed by atoms with Gasteiger partial charge in [-0.2, -0.15) is 0 Å². The van der Waals surface area contributed by atoms with Crippen molar-refractivity contribution in [2.45, 2.75) is 19.9 Å². The van der Waals surface area contributed by atoms with Gasteiger partial charge in [-0.05, 0) is 26.0 Å². The fraction of sp³-hybridized carbons (Fsp3) is 0.250. The molecule has 5 nitrogen and oxygen atoms in total. The second kappa shape index (κ2) is 5.12. The lowest BCUT2D eigenvalue weighted by molar-refractivity contribution is 0.0694. The van der Waals surface area contributed by atoms with Crippen LogP contribution in [-0.2, 0) is 0 Å². The first-order chi connectivity index (χ1) is 7.95. The number of rotatable bonds is 3. The molecule has 0 bridgehead atoms. The van der Waals surface area contributed by atoms with Gasteiger partial charge in [0.05, 0.1) is 17.3 Å². The van der Waals surface area contributed by atoms with E-state index in [0.29, 0.717) is 5.69 Å².